The highest BCUT2D eigenvalue weighted by molar-refractivity contribution is 6.30. The van der Waals surface area contributed by atoms with Gasteiger partial charge >= 0.3 is 11.7 Å². The topological polar surface area (TPSA) is 77.1 Å². The van der Waals surface area contributed by atoms with E-state index in [1.54, 1.807) is 24.3 Å². The van der Waals surface area contributed by atoms with Crippen LogP contribution >= 0.6 is 11.6 Å². The van der Waals surface area contributed by atoms with Crippen LogP contribution < -0.4 is 5.69 Å². The molecule has 0 aliphatic carbocycles. The molecule has 1 heterocycles. The van der Waals surface area contributed by atoms with E-state index in [0.717, 1.165) is 10.8 Å². The Morgan fingerprint density at radius 1 is 1.39 bits per heavy atom. The molecule has 122 valence electrons. The van der Waals surface area contributed by atoms with Gasteiger partial charge in [0, 0.05) is 29.8 Å². The summed E-state index contributed by atoms with van der Waals surface area (Å²) in [7, 11) is 0. The number of aromatic nitrogens is 3. The van der Waals surface area contributed by atoms with E-state index in [-0.39, 0.29) is 5.82 Å². The zero-order chi connectivity index (χ0) is 17.2. The minimum absolute atomic E-state index is 0.0356. The van der Waals surface area contributed by atoms with Gasteiger partial charge in [0.25, 0.3) is 5.92 Å². The van der Waals surface area contributed by atoms with Gasteiger partial charge in [-0.3, -0.25) is 4.79 Å². The van der Waals surface area contributed by atoms with E-state index in [2.05, 4.69) is 5.10 Å². The molecule has 0 saturated heterocycles. The monoisotopic (exact) mass is 343 g/mol. The molecule has 1 aromatic carbocycles. The minimum Gasteiger partial charge on any atom is -0.480 e. The summed E-state index contributed by atoms with van der Waals surface area (Å²) in [5.41, 5.74) is -0.405. The second-order valence-corrected chi connectivity index (χ2v) is 5.24. The van der Waals surface area contributed by atoms with Crippen molar-refractivity contribution in [1.82, 2.24) is 14.3 Å². The Labute approximate surface area is 134 Å². The van der Waals surface area contributed by atoms with Crippen LogP contribution in [0, 0.1) is 0 Å². The van der Waals surface area contributed by atoms with Gasteiger partial charge in [0.05, 0.1) is 0 Å². The van der Waals surface area contributed by atoms with E-state index in [0.29, 0.717) is 28.3 Å². The van der Waals surface area contributed by atoms with Gasteiger partial charge in [-0.05, 0) is 24.3 Å². The lowest BCUT2D eigenvalue weighted by molar-refractivity contribution is -0.137. The number of nitrogens with zero attached hydrogens (tertiary/aromatic N) is 3. The highest BCUT2D eigenvalue weighted by Gasteiger charge is 2.19. The molecule has 0 aliphatic heterocycles. The molecule has 0 saturated carbocycles. The van der Waals surface area contributed by atoms with Crippen molar-refractivity contribution >= 4 is 23.8 Å². The van der Waals surface area contributed by atoms with Crippen molar-refractivity contribution < 1.29 is 18.7 Å². The summed E-state index contributed by atoms with van der Waals surface area (Å²) in [5, 5.41) is 13.1. The molecule has 1 aromatic heterocycles. The first-order valence-corrected chi connectivity index (χ1v) is 6.79. The molecule has 0 spiro atoms. The number of rotatable bonds is 5. The summed E-state index contributed by atoms with van der Waals surface area (Å²) < 4.78 is 27.6. The molecule has 0 radical (unpaired) electrons. The molecule has 23 heavy (non-hydrogen) atoms. The predicted octanol–water partition coefficient (Wildman–Crippen LogP) is 2.58. The first-order chi connectivity index (χ1) is 10.7. The van der Waals surface area contributed by atoms with Gasteiger partial charge in [-0.1, -0.05) is 11.6 Å². The van der Waals surface area contributed by atoms with Crippen LogP contribution in [0.5, 0.6) is 0 Å². The maximum atomic E-state index is 13.0. The predicted molar refractivity (Wildman–Crippen MR) is 80.5 cm³/mol. The third-order valence-corrected chi connectivity index (χ3v) is 3.03. The largest absolute Gasteiger partial charge is 0.480 e. The van der Waals surface area contributed by atoms with Crippen molar-refractivity contribution in [2.24, 2.45) is 0 Å². The number of aliphatic carboxylic acids is 1. The summed E-state index contributed by atoms with van der Waals surface area (Å²) >= 11 is 5.78. The fraction of sp³-hybridized carbons (Fsp3) is 0.214. The number of carboxylic acids is 1. The molecule has 0 bridgehead atoms. The molecule has 2 rings (SSSR count). The van der Waals surface area contributed by atoms with E-state index in [1.165, 1.54) is 0 Å². The number of hydrogen-bond acceptors (Lipinski definition) is 3. The Morgan fingerprint density at radius 3 is 2.52 bits per heavy atom. The van der Waals surface area contributed by atoms with Gasteiger partial charge in [-0.2, -0.15) is 0 Å². The van der Waals surface area contributed by atoms with Crippen LogP contribution in [0.15, 0.2) is 35.1 Å². The summed E-state index contributed by atoms with van der Waals surface area (Å²) in [6.07, 6.45) is 1.40. The number of carbonyl (C=O) groups is 1. The highest BCUT2D eigenvalue weighted by atomic mass is 35.5. The molecule has 0 aliphatic rings. The maximum Gasteiger partial charge on any atom is 0.350 e. The maximum absolute atomic E-state index is 13.0. The van der Waals surface area contributed by atoms with Crippen LogP contribution in [0.4, 0.5) is 8.78 Å². The lowest BCUT2D eigenvalue weighted by Crippen LogP contribution is -2.26. The van der Waals surface area contributed by atoms with Crippen LogP contribution in [0.25, 0.3) is 17.6 Å². The van der Waals surface area contributed by atoms with Gasteiger partial charge < -0.3 is 5.11 Å². The number of hydrogen-bond donors (Lipinski definition) is 1. The third kappa shape index (κ3) is 4.26. The van der Waals surface area contributed by atoms with Crippen LogP contribution in [-0.4, -0.2) is 31.3 Å². The lowest BCUT2D eigenvalue weighted by Gasteiger charge is -2.04. The van der Waals surface area contributed by atoms with Gasteiger partial charge in [0.15, 0.2) is 5.82 Å². The number of benzene rings is 1. The van der Waals surface area contributed by atoms with Crippen molar-refractivity contribution in [3.8, 4) is 11.4 Å². The molecule has 0 unspecified atom stereocenters. The van der Waals surface area contributed by atoms with E-state index in [9.17, 15) is 18.4 Å². The van der Waals surface area contributed by atoms with Crippen molar-refractivity contribution in [1.29, 1.82) is 0 Å². The Balaban J connectivity index is 2.59. The lowest BCUT2D eigenvalue weighted by atomic mass is 10.2. The molecule has 6 nitrogen and oxygen atoms in total. The number of carboxylic acid groups (broad SMARTS) is 1. The molecule has 0 fully saturated rings. The van der Waals surface area contributed by atoms with Crippen LogP contribution in [-0.2, 0) is 11.3 Å². The van der Waals surface area contributed by atoms with Crippen LogP contribution in [0.3, 0.4) is 0 Å². The third-order valence-electron chi connectivity index (χ3n) is 2.77. The van der Waals surface area contributed by atoms with Crippen molar-refractivity contribution in [2.45, 2.75) is 19.4 Å². The van der Waals surface area contributed by atoms with E-state index in [4.69, 9.17) is 16.7 Å². The molecule has 2 aromatic rings. The first-order valence-electron chi connectivity index (χ1n) is 6.41. The fourth-order valence-corrected chi connectivity index (χ4v) is 1.91. The zero-order valence-corrected chi connectivity index (χ0v) is 12.7. The van der Waals surface area contributed by atoms with Gasteiger partial charge in [-0.25, -0.2) is 22.8 Å². The standard InChI is InChI=1S/C14H12ClF2N3O3/c1-14(16,17)6-7-19-12(9-2-4-10(15)5-3-9)18-20(13(19)23)8-11(21)22/h2-7H,8H2,1H3,(H,21,22). The Kier molecular flexibility index (Phi) is 4.65. The highest BCUT2D eigenvalue weighted by Crippen LogP contribution is 2.20. The molecule has 9 heteroatoms. The van der Waals surface area contributed by atoms with E-state index >= 15 is 0 Å². The summed E-state index contributed by atoms with van der Waals surface area (Å²) in [6.45, 7) is -0.0129. The summed E-state index contributed by atoms with van der Waals surface area (Å²) in [5.74, 6) is -4.37. The molecule has 0 atom stereocenters. The summed E-state index contributed by atoms with van der Waals surface area (Å²) in [4.78, 5) is 22.9. The van der Waals surface area contributed by atoms with Crippen LogP contribution in [0.1, 0.15) is 6.92 Å². The zero-order valence-electron chi connectivity index (χ0n) is 11.9. The van der Waals surface area contributed by atoms with E-state index in [1.807, 2.05) is 0 Å². The summed E-state index contributed by atoms with van der Waals surface area (Å²) in [6, 6.07) is 6.17. The number of allylic oxidation sites excluding steroid dienone is 1. The van der Waals surface area contributed by atoms with Crippen molar-refractivity contribution in [2.75, 3.05) is 0 Å². The Hall–Kier alpha value is -2.48. The molecule has 1 N–H and O–H groups in total. The van der Waals surface area contributed by atoms with Gasteiger partial charge in [0.2, 0.25) is 0 Å². The number of alkyl halides is 2. The van der Waals surface area contributed by atoms with Crippen molar-refractivity contribution in [3.63, 3.8) is 0 Å². The second kappa shape index (κ2) is 6.33. The normalized spacial score (nSPS) is 12.0. The van der Waals surface area contributed by atoms with Gasteiger partial charge in [0.1, 0.15) is 6.54 Å². The Bertz CT molecular complexity index is 804. The SMILES string of the molecule is CC(F)(F)C=Cn1c(-c2ccc(Cl)cc2)nn(CC(=O)O)c1=O. The fourth-order valence-electron chi connectivity index (χ4n) is 1.79. The molecule has 0 amide bonds. The van der Waals surface area contributed by atoms with E-state index < -0.39 is 24.1 Å². The van der Waals surface area contributed by atoms with Gasteiger partial charge in [-0.15, -0.1) is 5.10 Å². The minimum atomic E-state index is -3.13. The molecular formula is C14H12ClF2N3O3. The van der Waals surface area contributed by atoms with Crippen molar-refractivity contribution in [3.05, 3.63) is 45.8 Å². The average molecular weight is 344 g/mol. The quantitative estimate of drug-likeness (QED) is 0.905. The smallest absolute Gasteiger partial charge is 0.350 e. The first kappa shape index (κ1) is 16.9. The number of halogens is 3. The molecular weight excluding hydrogens is 332 g/mol. The van der Waals surface area contributed by atoms with Crippen LogP contribution in [0.2, 0.25) is 5.02 Å². The second-order valence-electron chi connectivity index (χ2n) is 4.81. The Morgan fingerprint density at radius 2 is 2.00 bits per heavy atom. The average Bonchev–Trinajstić information content (AvgIpc) is 2.73.